The molecule has 0 fully saturated rings. The maximum absolute atomic E-state index is 11.3. The second-order valence-electron chi connectivity index (χ2n) is 2.71. The molecule has 1 N–H and O–H groups in total. The van der Waals surface area contributed by atoms with Gasteiger partial charge in [-0.2, -0.15) is 0 Å². The van der Waals surface area contributed by atoms with Crippen LogP contribution in [0.5, 0.6) is 0 Å². The smallest absolute Gasteiger partial charge is 0.303 e. The fourth-order valence-corrected chi connectivity index (χ4v) is 1.03. The van der Waals surface area contributed by atoms with Gasteiger partial charge in [0.15, 0.2) is 5.78 Å². The van der Waals surface area contributed by atoms with Crippen molar-refractivity contribution in [2.75, 3.05) is 0 Å². The van der Waals surface area contributed by atoms with E-state index >= 15 is 0 Å². The summed E-state index contributed by atoms with van der Waals surface area (Å²) in [6.45, 7) is 1.67. The monoisotopic (exact) mass is 182 g/mol. The molecular formula is C9H10O4. The molecule has 0 spiro atoms. The van der Waals surface area contributed by atoms with Crippen molar-refractivity contribution < 1.29 is 19.1 Å². The predicted octanol–water partition coefficient (Wildman–Crippen LogP) is 1.64. The second kappa shape index (κ2) is 3.89. The number of hydrogen-bond acceptors (Lipinski definition) is 3. The topological polar surface area (TPSA) is 67.5 Å². The highest BCUT2D eigenvalue weighted by molar-refractivity contribution is 5.98. The van der Waals surface area contributed by atoms with E-state index in [1.807, 2.05) is 0 Å². The number of Topliss-reactive ketones (excluding diaryl/α,β-unsaturated/α-hetero) is 1. The van der Waals surface area contributed by atoms with Crippen LogP contribution in [0.2, 0.25) is 0 Å². The number of aliphatic carboxylic acids is 1. The molecule has 0 amide bonds. The van der Waals surface area contributed by atoms with E-state index in [0.717, 1.165) is 0 Å². The van der Waals surface area contributed by atoms with E-state index in [1.165, 1.54) is 6.26 Å². The van der Waals surface area contributed by atoms with Gasteiger partial charge in [0.2, 0.25) is 0 Å². The lowest BCUT2D eigenvalue weighted by Gasteiger charge is -1.95. The number of aryl methyl sites for hydroxylation is 1. The molecule has 0 aromatic carbocycles. The molecule has 0 aliphatic rings. The van der Waals surface area contributed by atoms with Gasteiger partial charge in [0.25, 0.3) is 0 Å². The summed E-state index contributed by atoms with van der Waals surface area (Å²) in [4.78, 5) is 21.5. The molecule has 0 aliphatic heterocycles. The zero-order valence-electron chi connectivity index (χ0n) is 7.24. The lowest BCUT2D eigenvalue weighted by atomic mass is 10.1. The van der Waals surface area contributed by atoms with Crippen molar-refractivity contribution in [2.45, 2.75) is 19.8 Å². The molecule has 0 radical (unpaired) electrons. The van der Waals surface area contributed by atoms with E-state index < -0.39 is 5.97 Å². The summed E-state index contributed by atoms with van der Waals surface area (Å²) < 4.78 is 4.92. The Balaban J connectivity index is 2.59. The summed E-state index contributed by atoms with van der Waals surface area (Å²) in [5, 5.41) is 8.35. The van der Waals surface area contributed by atoms with E-state index in [2.05, 4.69) is 0 Å². The number of carbonyl (C=O) groups excluding carboxylic acids is 1. The summed E-state index contributed by atoms with van der Waals surface area (Å²) in [6, 6.07) is 1.56. The molecule has 0 bridgehead atoms. The van der Waals surface area contributed by atoms with Gasteiger partial charge in [0.1, 0.15) is 5.76 Å². The van der Waals surface area contributed by atoms with Crippen molar-refractivity contribution in [2.24, 2.45) is 0 Å². The molecule has 1 aromatic heterocycles. The Hall–Kier alpha value is -1.58. The van der Waals surface area contributed by atoms with E-state index in [0.29, 0.717) is 11.3 Å². The number of carboxylic acids is 1. The number of carboxylic acid groups (broad SMARTS) is 1. The summed E-state index contributed by atoms with van der Waals surface area (Å²) in [7, 11) is 0. The zero-order valence-corrected chi connectivity index (χ0v) is 7.24. The van der Waals surface area contributed by atoms with E-state index in [1.54, 1.807) is 13.0 Å². The molecule has 70 valence electrons. The Morgan fingerprint density at radius 1 is 1.46 bits per heavy atom. The lowest BCUT2D eigenvalue weighted by molar-refractivity contribution is -0.136. The molecule has 4 heteroatoms. The molecule has 1 aromatic rings. The molecular weight excluding hydrogens is 172 g/mol. The first-order chi connectivity index (χ1) is 6.11. The lowest BCUT2D eigenvalue weighted by Crippen LogP contribution is -2.03. The van der Waals surface area contributed by atoms with Gasteiger partial charge >= 0.3 is 5.97 Å². The van der Waals surface area contributed by atoms with Gasteiger partial charge in [-0.3, -0.25) is 9.59 Å². The first kappa shape index (κ1) is 9.51. The standard InChI is InChI=1S/C9H10O4/c1-6-7(4-5-13-6)8(10)2-3-9(11)12/h4-5H,2-3H2,1H3,(H,11,12). The Labute approximate surface area is 75.2 Å². The van der Waals surface area contributed by atoms with Crippen LogP contribution >= 0.6 is 0 Å². The van der Waals surface area contributed by atoms with Crippen LogP contribution in [0.15, 0.2) is 16.7 Å². The van der Waals surface area contributed by atoms with Crippen LogP contribution in [0.1, 0.15) is 29.0 Å². The summed E-state index contributed by atoms with van der Waals surface area (Å²) in [5.41, 5.74) is 0.473. The van der Waals surface area contributed by atoms with Crippen LogP contribution in [-0.4, -0.2) is 16.9 Å². The molecule has 0 saturated carbocycles. The van der Waals surface area contributed by atoms with Crippen LogP contribution in [0.4, 0.5) is 0 Å². The van der Waals surface area contributed by atoms with Crippen molar-refractivity contribution in [1.82, 2.24) is 0 Å². The number of ketones is 1. The quantitative estimate of drug-likeness (QED) is 0.718. The Bertz CT molecular complexity index is 324. The molecule has 0 aliphatic carbocycles. The van der Waals surface area contributed by atoms with Crippen LogP contribution in [-0.2, 0) is 4.79 Å². The maximum Gasteiger partial charge on any atom is 0.303 e. The number of carbonyl (C=O) groups is 2. The number of rotatable bonds is 4. The SMILES string of the molecule is Cc1occc1C(=O)CCC(=O)O. The van der Waals surface area contributed by atoms with Crippen LogP contribution in [0.25, 0.3) is 0 Å². The van der Waals surface area contributed by atoms with Crippen molar-refractivity contribution >= 4 is 11.8 Å². The number of hydrogen-bond donors (Lipinski definition) is 1. The molecule has 1 rings (SSSR count). The average molecular weight is 182 g/mol. The summed E-state index contributed by atoms with van der Waals surface area (Å²) in [6.07, 6.45) is 1.31. The second-order valence-corrected chi connectivity index (χ2v) is 2.71. The minimum Gasteiger partial charge on any atom is -0.481 e. The van der Waals surface area contributed by atoms with Gasteiger partial charge in [-0.1, -0.05) is 0 Å². The van der Waals surface area contributed by atoms with Gasteiger partial charge < -0.3 is 9.52 Å². The molecule has 4 nitrogen and oxygen atoms in total. The predicted molar refractivity (Wildman–Crippen MR) is 44.6 cm³/mol. The van der Waals surface area contributed by atoms with Crippen LogP contribution in [0.3, 0.4) is 0 Å². The van der Waals surface area contributed by atoms with Gasteiger partial charge in [-0.05, 0) is 13.0 Å². The van der Waals surface area contributed by atoms with Crippen LogP contribution < -0.4 is 0 Å². The third-order valence-electron chi connectivity index (χ3n) is 1.73. The first-order valence-corrected chi connectivity index (χ1v) is 3.90. The highest BCUT2D eigenvalue weighted by Gasteiger charge is 2.12. The minimum atomic E-state index is -0.963. The molecule has 13 heavy (non-hydrogen) atoms. The Morgan fingerprint density at radius 3 is 2.62 bits per heavy atom. The zero-order chi connectivity index (χ0) is 9.84. The van der Waals surface area contributed by atoms with Crippen LogP contribution in [0, 0.1) is 6.92 Å². The first-order valence-electron chi connectivity index (χ1n) is 3.90. The Morgan fingerprint density at radius 2 is 2.15 bits per heavy atom. The van der Waals surface area contributed by atoms with Gasteiger partial charge in [0, 0.05) is 6.42 Å². The van der Waals surface area contributed by atoms with Gasteiger partial charge in [0.05, 0.1) is 18.2 Å². The van der Waals surface area contributed by atoms with Crippen molar-refractivity contribution in [3.63, 3.8) is 0 Å². The highest BCUT2D eigenvalue weighted by atomic mass is 16.4. The normalized spacial score (nSPS) is 9.92. The third-order valence-corrected chi connectivity index (χ3v) is 1.73. The average Bonchev–Trinajstić information content (AvgIpc) is 2.47. The van der Waals surface area contributed by atoms with E-state index in [-0.39, 0.29) is 18.6 Å². The molecule has 0 unspecified atom stereocenters. The van der Waals surface area contributed by atoms with Gasteiger partial charge in [-0.15, -0.1) is 0 Å². The molecule has 1 heterocycles. The van der Waals surface area contributed by atoms with Crippen molar-refractivity contribution in [1.29, 1.82) is 0 Å². The largest absolute Gasteiger partial charge is 0.481 e. The van der Waals surface area contributed by atoms with E-state index in [4.69, 9.17) is 9.52 Å². The number of furan rings is 1. The maximum atomic E-state index is 11.3. The Kier molecular flexibility index (Phi) is 2.84. The van der Waals surface area contributed by atoms with Crippen molar-refractivity contribution in [3.8, 4) is 0 Å². The molecule has 0 saturated heterocycles. The summed E-state index contributed by atoms with van der Waals surface area (Å²) in [5.74, 6) is -0.612. The molecule has 0 atom stereocenters. The van der Waals surface area contributed by atoms with Crippen molar-refractivity contribution in [3.05, 3.63) is 23.7 Å². The third kappa shape index (κ3) is 2.43. The summed E-state index contributed by atoms with van der Waals surface area (Å²) >= 11 is 0. The highest BCUT2D eigenvalue weighted by Crippen LogP contribution is 2.12. The van der Waals surface area contributed by atoms with E-state index in [9.17, 15) is 9.59 Å². The van der Waals surface area contributed by atoms with Gasteiger partial charge in [-0.25, -0.2) is 0 Å². The fourth-order valence-electron chi connectivity index (χ4n) is 1.03. The fraction of sp³-hybridized carbons (Fsp3) is 0.333. The minimum absolute atomic E-state index is 0.0235.